The van der Waals surface area contributed by atoms with Gasteiger partial charge in [-0.1, -0.05) is 6.07 Å². The number of hydroxylamine groups is 2. The average Bonchev–Trinajstić information content (AvgIpc) is 2.98. The largest absolute Gasteiger partial charge is 0.482 e. The van der Waals surface area contributed by atoms with Crippen LogP contribution in [-0.4, -0.2) is 26.9 Å². The van der Waals surface area contributed by atoms with E-state index in [1.807, 2.05) is 6.92 Å². The van der Waals surface area contributed by atoms with Gasteiger partial charge in [0, 0.05) is 25.9 Å². The maximum absolute atomic E-state index is 13.9. The van der Waals surface area contributed by atoms with Gasteiger partial charge in [-0.3, -0.25) is 4.68 Å². The standard InChI is InChI=1S/C20H19FN6O2/c1-11-15-7-14(21)5-4-12(15)10-26(2)29-20-18(16(8-22)27(3)25-20)13-6-17(28-11)19(23)24-9-13/h4-7,9,11H,10H2,1-3H3,(H2,23,24)/t11-/m1/s1. The van der Waals surface area contributed by atoms with Crippen LogP contribution >= 0.6 is 0 Å². The highest BCUT2D eigenvalue weighted by Crippen LogP contribution is 2.38. The smallest absolute Gasteiger partial charge is 0.265 e. The molecule has 29 heavy (non-hydrogen) atoms. The number of aromatic nitrogens is 3. The summed E-state index contributed by atoms with van der Waals surface area (Å²) in [4.78, 5) is 10.1. The topological polar surface area (TPSA) is 102 Å². The second-order valence-electron chi connectivity index (χ2n) is 6.85. The molecule has 0 amide bonds. The molecule has 4 rings (SSSR count). The van der Waals surface area contributed by atoms with Crippen molar-refractivity contribution in [3.8, 4) is 28.8 Å². The SMILES string of the molecule is C[C@H]1Oc2cc(cnc2N)-c2c(nn(C)c2C#N)ON(C)Cc2ccc(F)cc21. The molecule has 2 aromatic heterocycles. The summed E-state index contributed by atoms with van der Waals surface area (Å²) in [5.41, 5.74) is 8.89. The fraction of sp³-hybridized carbons (Fsp3) is 0.250. The predicted molar refractivity (Wildman–Crippen MR) is 103 cm³/mol. The van der Waals surface area contributed by atoms with Gasteiger partial charge in [-0.2, -0.15) is 5.26 Å². The molecule has 0 saturated carbocycles. The summed E-state index contributed by atoms with van der Waals surface area (Å²) < 4.78 is 21.4. The number of hydrogen-bond acceptors (Lipinski definition) is 7. The lowest BCUT2D eigenvalue weighted by molar-refractivity contribution is -0.0449. The number of nitriles is 1. The van der Waals surface area contributed by atoms with Crippen molar-refractivity contribution in [2.75, 3.05) is 12.8 Å². The van der Waals surface area contributed by atoms with Crippen LogP contribution in [0.25, 0.3) is 11.1 Å². The summed E-state index contributed by atoms with van der Waals surface area (Å²) in [6.07, 6.45) is 1.05. The van der Waals surface area contributed by atoms with Crippen molar-refractivity contribution in [2.24, 2.45) is 7.05 Å². The number of fused-ring (bicyclic) bond motifs is 5. The molecule has 1 aromatic carbocycles. The van der Waals surface area contributed by atoms with E-state index in [2.05, 4.69) is 16.2 Å². The normalized spacial score (nSPS) is 16.3. The highest BCUT2D eigenvalue weighted by molar-refractivity contribution is 5.75. The van der Waals surface area contributed by atoms with Crippen LogP contribution in [0.3, 0.4) is 0 Å². The van der Waals surface area contributed by atoms with Gasteiger partial charge >= 0.3 is 0 Å². The molecule has 2 N–H and O–H groups in total. The maximum Gasteiger partial charge on any atom is 0.265 e. The van der Waals surface area contributed by atoms with Crippen LogP contribution < -0.4 is 15.3 Å². The Hall–Kier alpha value is -3.64. The van der Waals surface area contributed by atoms with E-state index >= 15 is 0 Å². The first-order chi connectivity index (χ1) is 13.9. The number of aryl methyl sites for hydroxylation is 1. The van der Waals surface area contributed by atoms with E-state index in [1.165, 1.54) is 23.0 Å². The first-order valence-electron chi connectivity index (χ1n) is 8.94. The summed E-state index contributed by atoms with van der Waals surface area (Å²) in [6, 6.07) is 8.35. The van der Waals surface area contributed by atoms with Gasteiger partial charge in [-0.25, -0.2) is 9.37 Å². The fourth-order valence-electron chi connectivity index (χ4n) is 3.40. The van der Waals surface area contributed by atoms with Gasteiger partial charge in [0.05, 0.1) is 12.1 Å². The molecule has 0 spiro atoms. The molecule has 3 heterocycles. The zero-order valence-corrected chi connectivity index (χ0v) is 16.2. The average molecular weight is 394 g/mol. The summed E-state index contributed by atoms with van der Waals surface area (Å²) in [5.74, 6) is 0.414. The van der Waals surface area contributed by atoms with Crippen LogP contribution in [-0.2, 0) is 13.6 Å². The maximum atomic E-state index is 13.9. The van der Waals surface area contributed by atoms with Gasteiger partial charge in [0.1, 0.15) is 23.7 Å². The van der Waals surface area contributed by atoms with E-state index in [0.29, 0.717) is 34.7 Å². The minimum Gasteiger partial charge on any atom is -0.482 e. The first kappa shape index (κ1) is 18.7. The van der Waals surface area contributed by atoms with E-state index in [0.717, 1.165) is 5.56 Å². The number of hydrogen-bond donors (Lipinski definition) is 1. The van der Waals surface area contributed by atoms with Crippen molar-refractivity contribution in [1.82, 2.24) is 19.8 Å². The highest BCUT2D eigenvalue weighted by Gasteiger charge is 2.25. The molecule has 148 valence electrons. The van der Waals surface area contributed by atoms with Gasteiger partial charge in [0.15, 0.2) is 11.6 Å². The summed E-state index contributed by atoms with van der Waals surface area (Å²) >= 11 is 0. The first-order valence-corrected chi connectivity index (χ1v) is 8.94. The molecule has 0 radical (unpaired) electrons. The number of nitrogens with two attached hydrogens (primary N) is 1. The number of anilines is 1. The Morgan fingerprint density at radius 1 is 1.31 bits per heavy atom. The second kappa shape index (κ2) is 7.07. The number of ether oxygens (including phenoxy) is 1. The van der Waals surface area contributed by atoms with Crippen LogP contribution in [0.2, 0.25) is 0 Å². The number of nitrogen functional groups attached to an aromatic ring is 1. The Bertz CT molecular complexity index is 1140. The minimum atomic E-state index is -0.489. The summed E-state index contributed by atoms with van der Waals surface area (Å²) in [7, 11) is 3.40. The Morgan fingerprint density at radius 3 is 2.86 bits per heavy atom. The van der Waals surface area contributed by atoms with E-state index < -0.39 is 6.10 Å². The zero-order valence-electron chi connectivity index (χ0n) is 16.2. The Labute approximate surface area is 166 Å². The number of halogens is 1. The number of pyridine rings is 1. The third-order valence-corrected chi connectivity index (χ3v) is 4.78. The highest BCUT2D eigenvalue weighted by atomic mass is 19.1. The molecule has 0 fully saturated rings. The van der Waals surface area contributed by atoms with E-state index in [4.69, 9.17) is 15.3 Å². The van der Waals surface area contributed by atoms with Crippen molar-refractivity contribution in [3.05, 3.63) is 53.1 Å². The molecule has 3 aromatic rings. The third kappa shape index (κ3) is 3.34. The monoisotopic (exact) mass is 394 g/mol. The Morgan fingerprint density at radius 2 is 2.10 bits per heavy atom. The number of nitrogens with zero attached hydrogens (tertiary/aromatic N) is 5. The van der Waals surface area contributed by atoms with Crippen molar-refractivity contribution >= 4 is 5.82 Å². The second-order valence-corrected chi connectivity index (χ2v) is 6.85. The van der Waals surface area contributed by atoms with E-state index in [1.54, 1.807) is 31.3 Å². The summed E-state index contributed by atoms with van der Waals surface area (Å²) in [5, 5.41) is 15.5. The Kier molecular flexibility index (Phi) is 4.56. The number of benzene rings is 1. The lowest BCUT2D eigenvalue weighted by atomic mass is 10.0. The molecular weight excluding hydrogens is 375 g/mol. The van der Waals surface area contributed by atoms with Crippen molar-refractivity contribution in [2.45, 2.75) is 19.6 Å². The van der Waals surface area contributed by atoms with Gasteiger partial charge < -0.3 is 15.3 Å². The summed E-state index contributed by atoms with van der Waals surface area (Å²) in [6.45, 7) is 2.16. The molecular formula is C20H19FN6O2. The molecule has 1 atom stereocenters. The van der Waals surface area contributed by atoms with Crippen LogP contribution in [0.5, 0.6) is 11.6 Å². The molecule has 0 saturated heterocycles. The molecule has 0 unspecified atom stereocenters. The minimum absolute atomic E-state index is 0.192. The zero-order chi connectivity index (χ0) is 20.7. The molecule has 9 heteroatoms. The van der Waals surface area contributed by atoms with Crippen molar-refractivity contribution in [3.63, 3.8) is 0 Å². The van der Waals surface area contributed by atoms with Crippen LogP contribution in [0.15, 0.2) is 30.5 Å². The molecule has 0 aliphatic carbocycles. The molecule has 8 nitrogen and oxygen atoms in total. The molecule has 2 bridgehead atoms. The van der Waals surface area contributed by atoms with Gasteiger partial charge in [-0.05, 0) is 36.2 Å². The van der Waals surface area contributed by atoms with E-state index in [9.17, 15) is 9.65 Å². The fourth-order valence-corrected chi connectivity index (χ4v) is 3.40. The third-order valence-electron chi connectivity index (χ3n) is 4.78. The quantitative estimate of drug-likeness (QED) is 0.625. The van der Waals surface area contributed by atoms with Gasteiger partial charge in [0.25, 0.3) is 5.88 Å². The van der Waals surface area contributed by atoms with Crippen molar-refractivity contribution < 1.29 is 14.0 Å². The van der Waals surface area contributed by atoms with Crippen LogP contribution in [0.4, 0.5) is 10.2 Å². The predicted octanol–water partition coefficient (Wildman–Crippen LogP) is 2.95. The van der Waals surface area contributed by atoms with Crippen molar-refractivity contribution in [1.29, 1.82) is 5.26 Å². The van der Waals surface area contributed by atoms with Crippen LogP contribution in [0.1, 0.15) is 29.8 Å². The lowest BCUT2D eigenvalue weighted by Gasteiger charge is -2.23. The number of rotatable bonds is 0. The molecule has 1 aliphatic heterocycles. The van der Waals surface area contributed by atoms with Gasteiger partial charge in [-0.15, -0.1) is 10.2 Å². The lowest BCUT2D eigenvalue weighted by Crippen LogP contribution is -2.24. The van der Waals surface area contributed by atoms with Gasteiger partial charge in [0.2, 0.25) is 0 Å². The molecule has 1 aliphatic rings. The van der Waals surface area contributed by atoms with E-state index in [-0.39, 0.29) is 17.5 Å². The van der Waals surface area contributed by atoms with Crippen LogP contribution in [0, 0.1) is 17.1 Å². The Balaban J connectivity index is 1.93.